The average Bonchev–Trinajstić information content (AvgIpc) is 2.53. The van der Waals surface area contributed by atoms with Gasteiger partial charge >= 0.3 is 0 Å². The van der Waals surface area contributed by atoms with Gasteiger partial charge in [-0.2, -0.15) is 0 Å². The summed E-state index contributed by atoms with van der Waals surface area (Å²) in [6.45, 7) is 2.59. The first kappa shape index (κ1) is 18.8. The van der Waals surface area contributed by atoms with Gasteiger partial charge in [-0.25, -0.2) is 0 Å². The average molecular weight is 327 g/mol. The molecule has 0 spiro atoms. The highest BCUT2D eigenvalue weighted by Crippen LogP contribution is 2.32. The van der Waals surface area contributed by atoms with Crippen molar-refractivity contribution in [3.8, 4) is 0 Å². The van der Waals surface area contributed by atoms with Crippen LogP contribution < -0.4 is 4.90 Å². The Labute approximate surface area is 133 Å². The smallest absolute Gasteiger partial charge is 0.299 e. The highest BCUT2D eigenvalue weighted by Gasteiger charge is 2.23. The van der Waals surface area contributed by atoms with Gasteiger partial charge < -0.3 is 15.1 Å². The summed E-state index contributed by atoms with van der Waals surface area (Å²) in [4.78, 5) is 22.5. The Morgan fingerprint density at radius 2 is 1.91 bits per heavy atom. The number of non-ortho nitro benzene ring substituents is 1. The first-order valence-electron chi connectivity index (χ1n) is 7.37. The lowest BCUT2D eigenvalue weighted by Crippen LogP contribution is -2.27. The molecule has 1 aromatic carbocycles. The minimum atomic E-state index is -0.815. The lowest BCUT2D eigenvalue weighted by atomic mass is 10.1. The van der Waals surface area contributed by atoms with E-state index >= 15 is 0 Å². The number of hydrogen-bond donors (Lipinski definition) is 2. The first-order chi connectivity index (χ1) is 10.9. The van der Waals surface area contributed by atoms with Crippen LogP contribution in [0.25, 0.3) is 0 Å². The number of nitrogens with zero attached hydrogens (tertiary/aromatic N) is 3. The topological polar surface area (TPSA) is 130 Å². The van der Waals surface area contributed by atoms with Gasteiger partial charge in [0, 0.05) is 19.2 Å². The van der Waals surface area contributed by atoms with Crippen molar-refractivity contribution in [3.63, 3.8) is 0 Å². The zero-order valence-electron chi connectivity index (χ0n) is 12.9. The second kappa shape index (κ2) is 9.01. The molecule has 0 bridgehead atoms. The molecule has 1 rings (SSSR count). The van der Waals surface area contributed by atoms with Crippen LogP contribution >= 0.6 is 0 Å². The van der Waals surface area contributed by atoms with Gasteiger partial charge in [0.05, 0.1) is 28.6 Å². The standard InChI is InChI=1S/C14H21N3O6/c1-2-7-15(8-3-4-12(19)10-18)13-6-5-11(16(20)21)9-14(13)17(22)23/h5-6,9,12,18-19H,2-4,7-8,10H2,1H3. The first-order valence-corrected chi connectivity index (χ1v) is 7.37. The molecule has 0 saturated carbocycles. The highest BCUT2D eigenvalue weighted by molar-refractivity contribution is 5.66. The summed E-state index contributed by atoms with van der Waals surface area (Å²) in [6, 6.07) is 3.59. The molecule has 9 nitrogen and oxygen atoms in total. The van der Waals surface area contributed by atoms with Gasteiger partial charge in [-0.3, -0.25) is 20.2 Å². The zero-order valence-corrected chi connectivity index (χ0v) is 12.9. The Kier molecular flexibility index (Phi) is 7.36. The number of rotatable bonds is 10. The number of nitro benzene ring substituents is 2. The second-order valence-electron chi connectivity index (χ2n) is 5.15. The molecule has 0 aliphatic carbocycles. The minimum Gasteiger partial charge on any atom is -0.394 e. The summed E-state index contributed by atoms with van der Waals surface area (Å²) >= 11 is 0. The molecular weight excluding hydrogens is 306 g/mol. The van der Waals surface area contributed by atoms with Crippen LogP contribution in [-0.4, -0.2) is 45.9 Å². The molecule has 128 valence electrons. The van der Waals surface area contributed by atoms with Crippen molar-refractivity contribution in [2.45, 2.75) is 32.3 Å². The van der Waals surface area contributed by atoms with Gasteiger partial charge in [0.2, 0.25) is 0 Å². The van der Waals surface area contributed by atoms with E-state index in [4.69, 9.17) is 5.11 Å². The molecule has 0 aliphatic heterocycles. The lowest BCUT2D eigenvalue weighted by Gasteiger charge is -2.24. The summed E-state index contributed by atoms with van der Waals surface area (Å²) in [6.07, 6.45) is 0.842. The van der Waals surface area contributed by atoms with Crippen molar-refractivity contribution in [1.82, 2.24) is 0 Å². The third kappa shape index (κ3) is 5.46. The number of anilines is 1. The molecule has 0 amide bonds. The maximum absolute atomic E-state index is 11.2. The van der Waals surface area contributed by atoms with Gasteiger partial charge in [0.15, 0.2) is 0 Å². The molecule has 0 radical (unpaired) electrons. The van der Waals surface area contributed by atoms with Crippen LogP contribution in [-0.2, 0) is 0 Å². The Morgan fingerprint density at radius 1 is 1.22 bits per heavy atom. The predicted octanol–water partition coefficient (Wildman–Crippen LogP) is 1.85. The molecular formula is C14H21N3O6. The van der Waals surface area contributed by atoms with E-state index < -0.39 is 16.0 Å². The van der Waals surface area contributed by atoms with Gasteiger partial charge in [-0.1, -0.05) is 6.92 Å². The molecule has 1 aromatic rings. The number of benzene rings is 1. The van der Waals surface area contributed by atoms with Crippen LogP contribution in [0.1, 0.15) is 26.2 Å². The van der Waals surface area contributed by atoms with Crippen LogP contribution in [0.2, 0.25) is 0 Å². The van der Waals surface area contributed by atoms with Crippen LogP contribution in [0, 0.1) is 20.2 Å². The van der Waals surface area contributed by atoms with Crippen molar-refractivity contribution < 1.29 is 20.1 Å². The zero-order chi connectivity index (χ0) is 17.4. The van der Waals surface area contributed by atoms with Crippen molar-refractivity contribution in [2.24, 2.45) is 0 Å². The van der Waals surface area contributed by atoms with Gasteiger partial charge in [-0.15, -0.1) is 0 Å². The normalized spacial score (nSPS) is 12.0. The molecule has 1 atom stereocenters. The molecule has 1 unspecified atom stereocenters. The van der Waals surface area contributed by atoms with Crippen molar-refractivity contribution in [1.29, 1.82) is 0 Å². The highest BCUT2D eigenvalue weighted by atomic mass is 16.6. The van der Waals surface area contributed by atoms with Crippen LogP contribution in [0.3, 0.4) is 0 Å². The molecule has 0 fully saturated rings. The Balaban J connectivity index is 3.01. The van der Waals surface area contributed by atoms with E-state index in [-0.39, 0.29) is 18.0 Å². The predicted molar refractivity (Wildman–Crippen MR) is 84.6 cm³/mol. The minimum absolute atomic E-state index is 0.310. The summed E-state index contributed by atoms with van der Waals surface area (Å²) in [5.74, 6) is 0. The van der Waals surface area contributed by atoms with Crippen LogP contribution in [0.4, 0.5) is 17.1 Å². The third-order valence-corrected chi connectivity index (χ3v) is 3.38. The third-order valence-electron chi connectivity index (χ3n) is 3.38. The van der Waals surface area contributed by atoms with E-state index in [1.807, 2.05) is 6.92 Å². The largest absolute Gasteiger partial charge is 0.394 e. The summed E-state index contributed by atoms with van der Waals surface area (Å²) in [5, 5.41) is 40.2. The van der Waals surface area contributed by atoms with E-state index in [1.165, 1.54) is 12.1 Å². The van der Waals surface area contributed by atoms with E-state index in [0.29, 0.717) is 31.6 Å². The second-order valence-corrected chi connectivity index (χ2v) is 5.15. The number of nitro groups is 2. The quantitative estimate of drug-likeness (QED) is 0.495. The maximum atomic E-state index is 11.2. The van der Waals surface area contributed by atoms with E-state index in [2.05, 4.69) is 0 Å². The van der Waals surface area contributed by atoms with Crippen molar-refractivity contribution in [2.75, 3.05) is 24.6 Å². The fraction of sp³-hybridized carbons (Fsp3) is 0.571. The molecule has 0 aliphatic rings. The van der Waals surface area contributed by atoms with E-state index in [0.717, 1.165) is 12.5 Å². The molecule has 9 heteroatoms. The number of aliphatic hydroxyl groups excluding tert-OH is 2. The monoisotopic (exact) mass is 327 g/mol. The van der Waals surface area contributed by atoms with Crippen LogP contribution in [0.5, 0.6) is 0 Å². The van der Waals surface area contributed by atoms with Gasteiger partial charge in [0.1, 0.15) is 5.69 Å². The lowest BCUT2D eigenvalue weighted by molar-refractivity contribution is -0.393. The van der Waals surface area contributed by atoms with Gasteiger partial charge in [-0.05, 0) is 25.3 Å². The Bertz CT molecular complexity index is 551. The Hall–Kier alpha value is -2.26. The summed E-state index contributed by atoms with van der Waals surface area (Å²) < 4.78 is 0. The van der Waals surface area contributed by atoms with E-state index in [9.17, 15) is 25.3 Å². The fourth-order valence-electron chi connectivity index (χ4n) is 2.27. The summed E-state index contributed by atoms with van der Waals surface area (Å²) in [7, 11) is 0. The van der Waals surface area contributed by atoms with Gasteiger partial charge in [0.25, 0.3) is 11.4 Å². The van der Waals surface area contributed by atoms with Crippen LogP contribution in [0.15, 0.2) is 18.2 Å². The maximum Gasteiger partial charge on any atom is 0.299 e. The van der Waals surface area contributed by atoms with Crippen molar-refractivity contribution >= 4 is 17.1 Å². The van der Waals surface area contributed by atoms with Crippen molar-refractivity contribution in [3.05, 3.63) is 38.4 Å². The Morgan fingerprint density at radius 3 is 2.43 bits per heavy atom. The number of aliphatic hydroxyl groups is 2. The van der Waals surface area contributed by atoms with E-state index in [1.54, 1.807) is 4.90 Å². The molecule has 2 N–H and O–H groups in total. The molecule has 0 heterocycles. The number of hydrogen-bond acceptors (Lipinski definition) is 7. The fourth-order valence-corrected chi connectivity index (χ4v) is 2.27. The molecule has 0 saturated heterocycles. The molecule has 23 heavy (non-hydrogen) atoms. The molecule has 0 aromatic heterocycles. The summed E-state index contributed by atoms with van der Waals surface area (Å²) in [5.41, 5.74) is -0.316. The SMILES string of the molecule is CCCN(CCCC(O)CO)c1ccc([N+](=O)[O-])cc1[N+](=O)[O-].